The number of aromatic nitrogens is 4. The lowest BCUT2D eigenvalue weighted by molar-refractivity contribution is 0.304. The Morgan fingerprint density at radius 2 is 2.13 bits per heavy atom. The molecule has 0 atom stereocenters. The number of nitrogens with zero attached hydrogens (tertiary/aromatic N) is 5. The molecule has 6 heteroatoms. The maximum Gasteiger partial charge on any atom is 0.235 e. The molecule has 0 aromatic carbocycles. The molecule has 0 unspecified atom stereocenters. The Morgan fingerprint density at radius 3 is 2.53 bits per heavy atom. The summed E-state index contributed by atoms with van der Waals surface area (Å²) in [4.78, 5) is 15.6. The van der Waals surface area contributed by atoms with Crippen molar-refractivity contribution >= 4 is 6.08 Å². The standard InChI is InChI=1S/C9H13N5O/c1-8(2,3)14-12-7(11-13-14)9(4-5-9)10-6-15/h4-5H2,1-3H3. The summed E-state index contributed by atoms with van der Waals surface area (Å²) in [6.45, 7) is 5.96. The lowest BCUT2D eigenvalue weighted by Gasteiger charge is -2.15. The van der Waals surface area contributed by atoms with E-state index in [1.54, 1.807) is 10.9 Å². The van der Waals surface area contributed by atoms with Gasteiger partial charge >= 0.3 is 0 Å². The summed E-state index contributed by atoms with van der Waals surface area (Å²) in [7, 11) is 0. The second kappa shape index (κ2) is 2.97. The fourth-order valence-electron chi connectivity index (χ4n) is 1.28. The molecule has 0 saturated heterocycles. The Bertz CT molecular complexity index is 420. The van der Waals surface area contributed by atoms with Gasteiger partial charge < -0.3 is 0 Å². The van der Waals surface area contributed by atoms with Gasteiger partial charge in [-0.3, -0.25) is 0 Å². The molecule has 1 aliphatic rings. The normalized spacial score (nSPS) is 18.3. The van der Waals surface area contributed by atoms with E-state index in [4.69, 9.17) is 0 Å². The van der Waals surface area contributed by atoms with E-state index in [0.29, 0.717) is 5.82 Å². The second-order valence-electron chi connectivity index (χ2n) is 4.81. The van der Waals surface area contributed by atoms with Crippen LogP contribution in [-0.4, -0.2) is 26.3 Å². The van der Waals surface area contributed by atoms with Gasteiger partial charge in [-0.25, -0.2) is 4.79 Å². The van der Waals surface area contributed by atoms with Crippen molar-refractivity contribution in [1.82, 2.24) is 20.2 Å². The Kier molecular flexibility index (Phi) is 1.98. The lowest BCUT2D eigenvalue weighted by atomic mass is 10.1. The number of aliphatic imine (C=N–C) groups is 1. The molecule has 1 fully saturated rings. The molecule has 1 aromatic rings. The van der Waals surface area contributed by atoms with Crippen molar-refractivity contribution in [2.45, 2.75) is 44.7 Å². The summed E-state index contributed by atoms with van der Waals surface area (Å²) < 4.78 is 0. The van der Waals surface area contributed by atoms with Crippen LogP contribution in [-0.2, 0) is 15.9 Å². The summed E-state index contributed by atoms with van der Waals surface area (Å²) >= 11 is 0. The quantitative estimate of drug-likeness (QED) is 0.530. The van der Waals surface area contributed by atoms with E-state index >= 15 is 0 Å². The molecule has 1 aromatic heterocycles. The molecule has 80 valence electrons. The first-order valence-electron chi connectivity index (χ1n) is 4.88. The molecule has 1 saturated carbocycles. The summed E-state index contributed by atoms with van der Waals surface area (Å²) in [6.07, 6.45) is 3.18. The predicted molar refractivity (Wildman–Crippen MR) is 51.8 cm³/mol. The van der Waals surface area contributed by atoms with Crippen molar-refractivity contribution in [2.75, 3.05) is 0 Å². The maximum absolute atomic E-state index is 10.3. The zero-order valence-corrected chi connectivity index (χ0v) is 9.06. The molecule has 2 rings (SSSR count). The highest BCUT2D eigenvalue weighted by atomic mass is 16.1. The zero-order valence-electron chi connectivity index (χ0n) is 9.06. The summed E-state index contributed by atoms with van der Waals surface area (Å²) in [5.74, 6) is 0.528. The van der Waals surface area contributed by atoms with Gasteiger partial charge in [0.25, 0.3) is 0 Å². The van der Waals surface area contributed by atoms with E-state index in [2.05, 4.69) is 20.4 Å². The molecule has 6 nitrogen and oxygen atoms in total. The smallest absolute Gasteiger partial charge is 0.211 e. The van der Waals surface area contributed by atoms with E-state index in [1.807, 2.05) is 20.8 Å². The Hall–Kier alpha value is -1.55. The van der Waals surface area contributed by atoms with E-state index in [9.17, 15) is 4.79 Å². The monoisotopic (exact) mass is 207 g/mol. The van der Waals surface area contributed by atoms with Crippen LogP contribution in [0, 0.1) is 0 Å². The zero-order chi connectivity index (χ0) is 11.1. The lowest BCUT2D eigenvalue weighted by Crippen LogP contribution is -2.25. The van der Waals surface area contributed by atoms with Crippen molar-refractivity contribution in [3.63, 3.8) is 0 Å². The van der Waals surface area contributed by atoms with Crippen LogP contribution >= 0.6 is 0 Å². The van der Waals surface area contributed by atoms with Gasteiger partial charge in [0.05, 0.1) is 5.54 Å². The van der Waals surface area contributed by atoms with Crippen molar-refractivity contribution in [3.05, 3.63) is 5.82 Å². The molecule has 0 N–H and O–H groups in total. The maximum atomic E-state index is 10.3. The van der Waals surface area contributed by atoms with Gasteiger partial charge in [0.2, 0.25) is 11.9 Å². The SMILES string of the molecule is CC(C)(C)n1nnc(C2(N=C=O)CC2)n1. The van der Waals surface area contributed by atoms with Crippen LogP contribution in [0.2, 0.25) is 0 Å². The van der Waals surface area contributed by atoms with Crippen molar-refractivity contribution in [1.29, 1.82) is 0 Å². The van der Waals surface area contributed by atoms with Crippen molar-refractivity contribution < 1.29 is 4.79 Å². The van der Waals surface area contributed by atoms with Gasteiger partial charge in [0.15, 0.2) is 0 Å². The van der Waals surface area contributed by atoms with Gasteiger partial charge in [-0.2, -0.15) is 9.79 Å². The average molecular weight is 207 g/mol. The number of tetrazole rings is 1. The number of isocyanates is 1. The molecule has 0 radical (unpaired) electrons. The highest BCUT2D eigenvalue weighted by Gasteiger charge is 2.49. The molecule has 0 amide bonds. The van der Waals surface area contributed by atoms with Gasteiger partial charge in [0.1, 0.15) is 5.54 Å². The van der Waals surface area contributed by atoms with Gasteiger partial charge in [0, 0.05) is 0 Å². The van der Waals surface area contributed by atoms with Crippen molar-refractivity contribution in [3.8, 4) is 0 Å². The van der Waals surface area contributed by atoms with Gasteiger partial charge in [-0.1, -0.05) is 0 Å². The van der Waals surface area contributed by atoms with Crippen molar-refractivity contribution in [2.24, 2.45) is 4.99 Å². The van der Waals surface area contributed by atoms with Gasteiger partial charge in [-0.15, -0.1) is 10.2 Å². The first-order chi connectivity index (χ1) is 6.98. The molecular weight excluding hydrogens is 194 g/mol. The fourth-order valence-corrected chi connectivity index (χ4v) is 1.28. The number of carbonyl (C=O) groups excluding carboxylic acids is 1. The molecule has 0 aliphatic heterocycles. The summed E-state index contributed by atoms with van der Waals surface area (Å²) in [5, 5.41) is 12.2. The Balaban J connectivity index is 2.32. The summed E-state index contributed by atoms with van der Waals surface area (Å²) in [6, 6.07) is 0. The topological polar surface area (TPSA) is 73.0 Å². The number of rotatable bonds is 2. The van der Waals surface area contributed by atoms with Crippen LogP contribution in [0.1, 0.15) is 39.4 Å². The van der Waals surface area contributed by atoms with Gasteiger partial charge in [-0.05, 0) is 38.8 Å². The largest absolute Gasteiger partial charge is 0.235 e. The minimum atomic E-state index is -0.523. The summed E-state index contributed by atoms with van der Waals surface area (Å²) in [5.41, 5.74) is -0.725. The molecule has 0 spiro atoms. The van der Waals surface area contributed by atoms with Crippen LogP contribution in [0.3, 0.4) is 0 Å². The third kappa shape index (κ3) is 1.68. The molecular formula is C9H13N5O. The minimum Gasteiger partial charge on any atom is -0.211 e. The second-order valence-corrected chi connectivity index (χ2v) is 4.81. The van der Waals surface area contributed by atoms with Crippen LogP contribution in [0.4, 0.5) is 0 Å². The average Bonchev–Trinajstić information content (AvgIpc) is 2.75. The molecule has 0 bridgehead atoms. The third-order valence-electron chi connectivity index (χ3n) is 2.41. The third-order valence-corrected chi connectivity index (χ3v) is 2.41. The molecule has 1 aliphatic carbocycles. The highest BCUT2D eigenvalue weighted by Crippen LogP contribution is 2.47. The fraction of sp³-hybridized carbons (Fsp3) is 0.778. The Labute approximate surface area is 87.4 Å². The van der Waals surface area contributed by atoms with Crippen LogP contribution in [0.5, 0.6) is 0 Å². The van der Waals surface area contributed by atoms with Crippen LogP contribution in [0.15, 0.2) is 4.99 Å². The molecule has 15 heavy (non-hydrogen) atoms. The highest BCUT2D eigenvalue weighted by molar-refractivity contribution is 5.37. The van der Waals surface area contributed by atoms with E-state index in [-0.39, 0.29) is 5.54 Å². The van der Waals surface area contributed by atoms with E-state index < -0.39 is 5.54 Å². The predicted octanol–water partition coefficient (Wildman–Crippen LogP) is 0.753. The van der Waals surface area contributed by atoms with Crippen LogP contribution in [0.25, 0.3) is 0 Å². The minimum absolute atomic E-state index is 0.202. The van der Waals surface area contributed by atoms with E-state index in [0.717, 1.165) is 12.8 Å². The van der Waals surface area contributed by atoms with Crippen LogP contribution < -0.4 is 0 Å². The first-order valence-corrected chi connectivity index (χ1v) is 4.88. The number of hydrogen-bond acceptors (Lipinski definition) is 5. The molecule has 1 heterocycles. The Morgan fingerprint density at radius 1 is 1.47 bits per heavy atom. The van der Waals surface area contributed by atoms with E-state index in [1.165, 1.54) is 0 Å². The number of hydrogen-bond donors (Lipinski definition) is 0. The first kappa shape index (κ1) is 9.98.